The Hall–Kier alpha value is -3.34. The zero-order chi connectivity index (χ0) is 19.5. The summed E-state index contributed by atoms with van der Waals surface area (Å²) in [5.41, 5.74) is 7.12. The molecule has 0 N–H and O–H groups in total. The summed E-state index contributed by atoms with van der Waals surface area (Å²) in [7, 11) is 0. The van der Waals surface area contributed by atoms with E-state index in [1.54, 1.807) is 0 Å². The third-order valence-electron chi connectivity index (χ3n) is 5.92. The lowest BCUT2D eigenvalue weighted by Crippen LogP contribution is -2.10. The van der Waals surface area contributed by atoms with E-state index < -0.39 is 0 Å². The quantitative estimate of drug-likeness (QED) is 0.493. The Morgan fingerprint density at radius 2 is 1.21 bits per heavy atom. The highest BCUT2D eigenvalue weighted by molar-refractivity contribution is 5.67. The summed E-state index contributed by atoms with van der Waals surface area (Å²) in [6.07, 6.45) is 6.30. The van der Waals surface area contributed by atoms with Gasteiger partial charge < -0.3 is 13.9 Å². The molecule has 0 radical (unpaired) electrons. The topological polar surface area (TPSA) is 44.9 Å². The molecule has 0 amide bonds. The average Bonchev–Trinajstić information content (AvgIpc) is 3.29. The van der Waals surface area contributed by atoms with Crippen LogP contribution in [0.25, 0.3) is 22.8 Å². The molecule has 0 spiro atoms. The van der Waals surface area contributed by atoms with Crippen LogP contribution >= 0.6 is 0 Å². The number of aryl methyl sites for hydroxylation is 6. The molecule has 0 fully saturated rings. The molecule has 4 heterocycles. The van der Waals surface area contributed by atoms with E-state index in [2.05, 4.69) is 57.9 Å². The van der Waals surface area contributed by atoms with Crippen LogP contribution in [0.5, 0.6) is 11.5 Å². The Kier molecular flexibility index (Phi) is 3.48. The molecule has 0 unspecified atom stereocenters. The molecule has 2 aromatic carbocycles. The normalized spacial score (nSPS) is 14.0. The van der Waals surface area contributed by atoms with Crippen LogP contribution in [0.3, 0.4) is 0 Å². The third-order valence-corrected chi connectivity index (χ3v) is 5.92. The number of rotatable bonds is 2. The lowest BCUT2D eigenvalue weighted by Gasteiger charge is -2.20. The van der Waals surface area contributed by atoms with E-state index in [9.17, 15) is 0 Å². The molecule has 0 bridgehead atoms. The molecule has 0 saturated heterocycles. The first kappa shape index (κ1) is 16.6. The van der Waals surface area contributed by atoms with E-state index in [0.29, 0.717) is 0 Å². The first-order valence-corrected chi connectivity index (χ1v) is 10.2. The standard InChI is InChI=1S/C24H22N4O/c1-15-13-27-9-7-17-3-5-19(11-21(17)23(27)25-15)29-20-6-4-18-8-10-28-14-16(2)26-24(28)22(18)12-20/h3-6,11-14H,7-10H2,1-2H3. The van der Waals surface area contributed by atoms with E-state index in [0.717, 1.165) is 60.5 Å². The van der Waals surface area contributed by atoms with E-state index in [4.69, 9.17) is 14.7 Å². The summed E-state index contributed by atoms with van der Waals surface area (Å²) in [5.74, 6) is 3.76. The van der Waals surface area contributed by atoms with Gasteiger partial charge in [0.2, 0.25) is 0 Å². The first-order valence-electron chi connectivity index (χ1n) is 10.2. The van der Waals surface area contributed by atoms with Crippen LogP contribution in [0.2, 0.25) is 0 Å². The fourth-order valence-corrected chi connectivity index (χ4v) is 4.57. The largest absolute Gasteiger partial charge is 0.457 e. The van der Waals surface area contributed by atoms with Crippen molar-refractivity contribution in [1.29, 1.82) is 0 Å². The van der Waals surface area contributed by atoms with Crippen LogP contribution in [-0.2, 0) is 25.9 Å². The molecule has 0 saturated carbocycles. The minimum absolute atomic E-state index is 0.841. The van der Waals surface area contributed by atoms with Crippen molar-refractivity contribution in [2.24, 2.45) is 0 Å². The second kappa shape index (κ2) is 6.08. The van der Waals surface area contributed by atoms with Crippen LogP contribution in [0, 0.1) is 13.8 Å². The van der Waals surface area contributed by atoms with Crippen LogP contribution < -0.4 is 4.74 Å². The highest BCUT2D eigenvalue weighted by Gasteiger charge is 2.20. The number of ether oxygens (including phenoxy) is 1. The van der Waals surface area contributed by atoms with Crippen LogP contribution in [0.15, 0.2) is 48.8 Å². The Labute approximate surface area is 169 Å². The maximum Gasteiger partial charge on any atom is 0.140 e. The van der Waals surface area contributed by atoms with Gasteiger partial charge in [0.1, 0.15) is 23.1 Å². The number of fused-ring (bicyclic) bond motifs is 6. The second-order valence-corrected chi connectivity index (χ2v) is 8.04. The third kappa shape index (κ3) is 2.69. The Morgan fingerprint density at radius 3 is 1.69 bits per heavy atom. The molecule has 5 nitrogen and oxygen atoms in total. The van der Waals surface area contributed by atoms with Gasteiger partial charge in [-0.1, -0.05) is 12.1 Å². The highest BCUT2D eigenvalue weighted by atomic mass is 16.5. The van der Waals surface area contributed by atoms with Crippen LogP contribution in [0.4, 0.5) is 0 Å². The van der Waals surface area contributed by atoms with Crippen LogP contribution in [0.1, 0.15) is 22.5 Å². The molecular weight excluding hydrogens is 360 g/mol. The highest BCUT2D eigenvalue weighted by Crippen LogP contribution is 2.36. The minimum atomic E-state index is 0.841. The summed E-state index contributed by atoms with van der Waals surface area (Å²) < 4.78 is 10.8. The van der Waals surface area contributed by atoms with Gasteiger partial charge in [0.25, 0.3) is 0 Å². The van der Waals surface area contributed by atoms with Crippen molar-refractivity contribution in [3.05, 3.63) is 71.3 Å². The van der Waals surface area contributed by atoms with Gasteiger partial charge in [0, 0.05) is 36.6 Å². The lowest BCUT2D eigenvalue weighted by molar-refractivity contribution is 0.482. The first-order chi connectivity index (χ1) is 14.1. The summed E-state index contributed by atoms with van der Waals surface area (Å²) in [6, 6.07) is 12.7. The van der Waals surface area contributed by atoms with Crippen molar-refractivity contribution < 1.29 is 4.74 Å². The number of aromatic nitrogens is 4. The molecular formula is C24H22N4O. The molecule has 0 atom stereocenters. The van der Waals surface area contributed by atoms with Crippen molar-refractivity contribution in [3.8, 4) is 34.3 Å². The van der Waals surface area contributed by atoms with Gasteiger partial charge in [-0.2, -0.15) is 0 Å². The van der Waals surface area contributed by atoms with Crippen molar-refractivity contribution in [3.63, 3.8) is 0 Å². The summed E-state index contributed by atoms with van der Waals surface area (Å²) >= 11 is 0. The van der Waals surface area contributed by atoms with Crippen molar-refractivity contribution in [2.75, 3.05) is 0 Å². The maximum atomic E-state index is 6.28. The minimum Gasteiger partial charge on any atom is -0.457 e. The number of nitrogens with zero attached hydrogens (tertiary/aromatic N) is 4. The fraction of sp³-hybridized carbons (Fsp3) is 0.250. The summed E-state index contributed by atoms with van der Waals surface area (Å²) in [4.78, 5) is 9.44. The molecule has 144 valence electrons. The molecule has 29 heavy (non-hydrogen) atoms. The predicted molar refractivity (Wildman–Crippen MR) is 112 cm³/mol. The van der Waals surface area contributed by atoms with E-state index >= 15 is 0 Å². The van der Waals surface area contributed by atoms with Gasteiger partial charge in [0.15, 0.2) is 0 Å². The number of hydrogen-bond acceptors (Lipinski definition) is 3. The summed E-state index contributed by atoms with van der Waals surface area (Å²) in [5, 5.41) is 0. The van der Waals surface area contributed by atoms with Crippen molar-refractivity contribution >= 4 is 0 Å². The molecule has 4 aromatic rings. The average molecular weight is 382 g/mol. The molecule has 2 aromatic heterocycles. The van der Waals surface area contributed by atoms with Gasteiger partial charge in [0.05, 0.1) is 11.4 Å². The predicted octanol–water partition coefficient (Wildman–Crippen LogP) is 4.93. The Morgan fingerprint density at radius 1 is 0.724 bits per heavy atom. The van der Waals surface area contributed by atoms with Gasteiger partial charge in [-0.15, -0.1) is 0 Å². The van der Waals surface area contributed by atoms with Gasteiger partial charge in [-0.05, 0) is 62.1 Å². The van der Waals surface area contributed by atoms with Crippen molar-refractivity contribution in [2.45, 2.75) is 39.8 Å². The van der Waals surface area contributed by atoms with E-state index in [1.165, 1.54) is 22.3 Å². The Bertz CT molecular complexity index is 1170. The summed E-state index contributed by atoms with van der Waals surface area (Å²) in [6.45, 7) is 6.06. The monoisotopic (exact) mass is 382 g/mol. The Balaban J connectivity index is 1.37. The molecule has 2 aliphatic heterocycles. The number of benzene rings is 2. The molecule has 0 aliphatic carbocycles. The zero-order valence-electron chi connectivity index (χ0n) is 16.6. The zero-order valence-corrected chi connectivity index (χ0v) is 16.6. The van der Waals surface area contributed by atoms with Crippen molar-refractivity contribution in [1.82, 2.24) is 19.1 Å². The lowest BCUT2D eigenvalue weighted by atomic mass is 10.00. The SMILES string of the molecule is Cc1cn2c(n1)-c1cc(Oc3ccc4c(c3)-c3nc(C)cn3CC4)ccc1CC2. The molecule has 6 rings (SSSR count). The number of hydrogen-bond donors (Lipinski definition) is 0. The van der Waals surface area contributed by atoms with E-state index in [1.807, 2.05) is 13.8 Å². The van der Waals surface area contributed by atoms with Gasteiger partial charge in [-0.3, -0.25) is 0 Å². The van der Waals surface area contributed by atoms with Gasteiger partial charge in [-0.25, -0.2) is 9.97 Å². The fourth-order valence-electron chi connectivity index (χ4n) is 4.57. The number of imidazole rings is 2. The maximum absolute atomic E-state index is 6.28. The smallest absolute Gasteiger partial charge is 0.140 e. The van der Waals surface area contributed by atoms with Crippen LogP contribution in [-0.4, -0.2) is 19.1 Å². The molecule has 2 aliphatic rings. The molecule has 5 heteroatoms. The van der Waals surface area contributed by atoms with Gasteiger partial charge >= 0.3 is 0 Å². The second-order valence-electron chi connectivity index (χ2n) is 8.04. The van der Waals surface area contributed by atoms with E-state index in [-0.39, 0.29) is 0 Å².